The third-order valence-electron chi connectivity index (χ3n) is 3.54. The molecule has 1 amide bonds. The summed E-state index contributed by atoms with van der Waals surface area (Å²) in [4.78, 5) is 26.2. The Bertz CT molecular complexity index is 515. The molecule has 1 aromatic heterocycles. The van der Waals surface area contributed by atoms with Gasteiger partial charge in [-0.2, -0.15) is 0 Å². The quantitative estimate of drug-likeness (QED) is 0.865. The minimum absolute atomic E-state index is 0.148. The number of aliphatic carboxylic acids is 1. The number of hydrogen-bond donors (Lipinski definition) is 1. The van der Waals surface area contributed by atoms with Gasteiger partial charge in [-0.15, -0.1) is 11.3 Å². The van der Waals surface area contributed by atoms with E-state index < -0.39 is 17.9 Å². The fraction of sp³-hybridized carbons (Fsp3) is 0.571. The van der Waals surface area contributed by atoms with Crippen LogP contribution in [0.15, 0.2) is 11.4 Å². The number of carbonyl (C=O) groups excluding carboxylic acids is 1. The molecule has 1 fully saturated rings. The maximum atomic E-state index is 12.7. The van der Waals surface area contributed by atoms with Crippen LogP contribution in [0.25, 0.3) is 0 Å². The Labute approximate surface area is 127 Å². The number of carboxylic acids is 1. The van der Waals surface area contributed by atoms with Crippen molar-refractivity contribution in [2.24, 2.45) is 5.92 Å². The minimum Gasteiger partial charge on any atom is -0.495 e. The van der Waals surface area contributed by atoms with E-state index in [0.29, 0.717) is 17.2 Å². The van der Waals surface area contributed by atoms with Gasteiger partial charge < -0.3 is 19.5 Å². The van der Waals surface area contributed by atoms with Crippen molar-refractivity contribution in [1.82, 2.24) is 4.90 Å². The fourth-order valence-electron chi connectivity index (χ4n) is 2.49. The van der Waals surface area contributed by atoms with Gasteiger partial charge in [-0.25, -0.2) is 0 Å². The van der Waals surface area contributed by atoms with E-state index in [9.17, 15) is 14.7 Å². The number of carbonyl (C=O) groups is 2. The monoisotopic (exact) mass is 313 g/mol. The molecule has 2 unspecified atom stereocenters. The van der Waals surface area contributed by atoms with Gasteiger partial charge in [0.25, 0.3) is 5.91 Å². The zero-order valence-electron chi connectivity index (χ0n) is 12.1. The lowest BCUT2D eigenvalue weighted by Crippen LogP contribution is -2.46. The first-order chi connectivity index (χ1) is 10.1. The highest BCUT2D eigenvalue weighted by Crippen LogP contribution is 2.29. The van der Waals surface area contributed by atoms with E-state index in [1.165, 1.54) is 18.4 Å². The van der Waals surface area contributed by atoms with Crippen molar-refractivity contribution in [1.29, 1.82) is 0 Å². The van der Waals surface area contributed by atoms with Crippen LogP contribution in [0.5, 0.6) is 5.75 Å². The third kappa shape index (κ3) is 3.19. The standard InChI is InChI=1S/C14H19NO5S/c1-3-5-15(10-8-20-7-9(10)14(17)18)13(16)12-11(19-2)4-6-21-12/h4,6,9-10H,3,5,7-8H2,1-2H3,(H,17,18). The number of rotatable bonds is 6. The molecule has 1 N–H and O–H groups in total. The van der Waals surface area contributed by atoms with E-state index in [0.717, 1.165) is 6.42 Å². The van der Waals surface area contributed by atoms with Gasteiger partial charge in [0.2, 0.25) is 0 Å². The van der Waals surface area contributed by atoms with Crippen LogP contribution in [-0.2, 0) is 9.53 Å². The smallest absolute Gasteiger partial charge is 0.311 e. The maximum Gasteiger partial charge on any atom is 0.311 e. The molecule has 1 aliphatic heterocycles. The van der Waals surface area contributed by atoms with Crippen molar-refractivity contribution in [3.05, 3.63) is 16.3 Å². The molecule has 0 radical (unpaired) electrons. The lowest BCUT2D eigenvalue weighted by atomic mass is 10.0. The molecular formula is C14H19NO5S. The van der Waals surface area contributed by atoms with Crippen molar-refractivity contribution in [2.45, 2.75) is 19.4 Å². The zero-order chi connectivity index (χ0) is 15.4. The highest BCUT2D eigenvalue weighted by Gasteiger charge is 2.40. The summed E-state index contributed by atoms with van der Waals surface area (Å²) in [5.41, 5.74) is 0. The van der Waals surface area contributed by atoms with Crippen LogP contribution in [0, 0.1) is 5.92 Å². The van der Waals surface area contributed by atoms with E-state index >= 15 is 0 Å². The first kappa shape index (κ1) is 15.8. The highest BCUT2D eigenvalue weighted by atomic mass is 32.1. The maximum absolute atomic E-state index is 12.7. The summed E-state index contributed by atoms with van der Waals surface area (Å²) in [7, 11) is 1.52. The number of nitrogens with zero attached hydrogens (tertiary/aromatic N) is 1. The summed E-state index contributed by atoms with van der Waals surface area (Å²) >= 11 is 1.30. The molecule has 0 bridgehead atoms. The second-order valence-corrected chi connectivity index (χ2v) is 5.78. The molecule has 2 atom stereocenters. The molecule has 0 aliphatic carbocycles. The molecule has 116 valence electrons. The first-order valence-corrected chi connectivity index (χ1v) is 7.71. The van der Waals surface area contributed by atoms with Crippen LogP contribution >= 0.6 is 11.3 Å². The Hall–Kier alpha value is -1.60. The van der Waals surface area contributed by atoms with Crippen LogP contribution in [0.2, 0.25) is 0 Å². The number of methoxy groups -OCH3 is 1. The van der Waals surface area contributed by atoms with Gasteiger partial charge in [0.05, 0.1) is 26.4 Å². The molecule has 0 aromatic carbocycles. The van der Waals surface area contributed by atoms with E-state index in [1.807, 2.05) is 6.92 Å². The Morgan fingerprint density at radius 1 is 1.52 bits per heavy atom. The van der Waals surface area contributed by atoms with E-state index in [1.54, 1.807) is 16.3 Å². The van der Waals surface area contributed by atoms with Crippen LogP contribution in [0.3, 0.4) is 0 Å². The van der Waals surface area contributed by atoms with Gasteiger partial charge in [0, 0.05) is 6.54 Å². The minimum atomic E-state index is -0.926. The summed E-state index contributed by atoms with van der Waals surface area (Å²) < 4.78 is 10.5. The molecule has 21 heavy (non-hydrogen) atoms. The van der Waals surface area contributed by atoms with Gasteiger partial charge in [0.1, 0.15) is 16.5 Å². The molecule has 1 aromatic rings. The predicted molar refractivity (Wildman–Crippen MR) is 77.9 cm³/mol. The van der Waals surface area contributed by atoms with Gasteiger partial charge in [-0.3, -0.25) is 9.59 Å². The van der Waals surface area contributed by atoms with Crippen molar-refractivity contribution in [3.8, 4) is 5.75 Å². The molecule has 1 saturated heterocycles. The second kappa shape index (κ2) is 6.91. The Kier molecular flexibility index (Phi) is 5.19. The second-order valence-electron chi connectivity index (χ2n) is 4.87. The fourth-order valence-corrected chi connectivity index (χ4v) is 3.30. The molecule has 6 nitrogen and oxygen atoms in total. The van der Waals surface area contributed by atoms with Gasteiger partial charge in [0.15, 0.2) is 0 Å². The van der Waals surface area contributed by atoms with Crippen LogP contribution in [-0.4, -0.2) is 54.8 Å². The molecule has 0 saturated carbocycles. The number of amides is 1. The highest BCUT2D eigenvalue weighted by molar-refractivity contribution is 7.12. The average molecular weight is 313 g/mol. The Morgan fingerprint density at radius 2 is 2.29 bits per heavy atom. The Morgan fingerprint density at radius 3 is 2.90 bits per heavy atom. The van der Waals surface area contributed by atoms with E-state index in [-0.39, 0.29) is 19.1 Å². The number of carboxylic acid groups (broad SMARTS) is 1. The molecule has 2 heterocycles. The topological polar surface area (TPSA) is 76.1 Å². The van der Waals surface area contributed by atoms with Gasteiger partial charge in [-0.1, -0.05) is 6.92 Å². The van der Waals surface area contributed by atoms with Crippen LogP contribution < -0.4 is 4.74 Å². The molecule has 7 heteroatoms. The molecule has 0 spiro atoms. The summed E-state index contributed by atoms with van der Waals surface area (Å²) in [6, 6.07) is 1.31. The number of hydrogen-bond acceptors (Lipinski definition) is 5. The first-order valence-electron chi connectivity index (χ1n) is 6.83. The summed E-state index contributed by atoms with van der Waals surface area (Å²) in [5, 5.41) is 11.1. The van der Waals surface area contributed by atoms with E-state index in [4.69, 9.17) is 9.47 Å². The van der Waals surface area contributed by atoms with Gasteiger partial charge >= 0.3 is 5.97 Å². The van der Waals surface area contributed by atoms with Crippen molar-refractivity contribution >= 4 is 23.2 Å². The van der Waals surface area contributed by atoms with Crippen molar-refractivity contribution in [3.63, 3.8) is 0 Å². The zero-order valence-corrected chi connectivity index (χ0v) is 12.9. The molecule has 1 aliphatic rings. The van der Waals surface area contributed by atoms with Crippen molar-refractivity contribution in [2.75, 3.05) is 26.9 Å². The average Bonchev–Trinajstić information content (AvgIpc) is 3.11. The lowest BCUT2D eigenvalue weighted by Gasteiger charge is -2.30. The lowest BCUT2D eigenvalue weighted by molar-refractivity contribution is -0.142. The molecular weight excluding hydrogens is 294 g/mol. The summed E-state index contributed by atoms with van der Waals surface area (Å²) in [6.07, 6.45) is 0.752. The summed E-state index contributed by atoms with van der Waals surface area (Å²) in [6.45, 7) is 2.86. The predicted octanol–water partition coefficient (Wildman–Crippen LogP) is 1.71. The van der Waals surface area contributed by atoms with Crippen molar-refractivity contribution < 1.29 is 24.2 Å². The third-order valence-corrected chi connectivity index (χ3v) is 4.42. The number of ether oxygens (including phenoxy) is 2. The van der Waals surface area contributed by atoms with Gasteiger partial charge in [-0.05, 0) is 17.9 Å². The molecule has 2 rings (SSSR count). The summed E-state index contributed by atoms with van der Waals surface area (Å²) in [5.74, 6) is -1.27. The normalized spacial score (nSPS) is 21.2. The van der Waals surface area contributed by atoms with E-state index in [2.05, 4.69) is 0 Å². The largest absolute Gasteiger partial charge is 0.495 e. The van der Waals surface area contributed by atoms with Crippen LogP contribution in [0.4, 0.5) is 0 Å². The number of thiophene rings is 1. The van der Waals surface area contributed by atoms with Crippen LogP contribution in [0.1, 0.15) is 23.0 Å². The Balaban J connectivity index is 2.26. The SMILES string of the molecule is CCCN(C(=O)c1sccc1OC)C1COCC1C(=O)O.